The summed E-state index contributed by atoms with van der Waals surface area (Å²) < 4.78 is 1.62. The number of nitrogens with zero attached hydrogens (tertiary/aromatic N) is 3. The van der Waals surface area contributed by atoms with E-state index in [1.54, 1.807) is 18.5 Å². The van der Waals surface area contributed by atoms with Crippen LogP contribution in [0.15, 0.2) is 6.20 Å². The van der Waals surface area contributed by atoms with Gasteiger partial charge in [-0.15, -0.1) is 0 Å². The van der Waals surface area contributed by atoms with Crippen LogP contribution in [0.25, 0.3) is 0 Å². The molecular formula is C10H14ClN3. The minimum absolute atomic E-state index is 0.325. The van der Waals surface area contributed by atoms with Crippen molar-refractivity contribution in [2.45, 2.75) is 39.2 Å². The summed E-state index contributed by atoms with van der Waals surface area (Å²) in [6, 6.07) is 2.18. The molecule has 0 atom stereocenters. The molecule has 4 heteroatoms. The van der Waals surface area contributed by atoms with Gasteiger partial charge in [0.1, 0.15) is 5.54 Å². The van der Waals surface area contributed by atoms with Crippen molar-refractivity contribution in [3.63, 3.8) is 0 Å². The van der Waals surface area contributed by atoms with Crippen molar-refractivity contribution in [1.29, 1.82) is 5.26 Å². The summed E-state index contributed by atoms with van der Waals surface area (Å²) in [6.07, 6.45) is 1.84. The van der Waals surface area contributed by atoms with E-state index in [2.05, 4.69) is 11.2 Å². The van der Waals surface area contributed by atoms with E-state index in [4.69, 9.17) is 16.9 Å². The van der Waals surface area contributed by atoms with E-state index in [1.807, 2.05) is 20.0 Å². The van der Waals surface area contributed by atoms with Crippen LogP contribution in [0.1, 0.15) is 39.2 Å². The lowest BCUT2D eigenvalue weighted by Crippen LogP contribution is -2.24. The van der Waals surface area contributed by atoms with Gasteiger partial charge in [0, 0.05) is 11.8 Å². The molecule has 14 heavy (non-hydrogen) atoms. The Kier molecular flexibility index (Phi) is 2.86. The summed E-state index contributed by atoms with van der Waals surface area (Å²) in [6.45, 7) is 7.71. The van der Waals surface area contributed by atoms with Crippen LogP contribution in [0.2, 0.25) is 5.15 Å². The van der Waals surface area contributed by atoms with E-state index in [0.717, 1.165) is 5.56 Å². The maximum absolute atomic E-state index is 8.93. The molecule has 1 aromatic rings. The molecule has 0 aliphatic heterocycles. The maximum Gasteiger partial charge on any atom is 0.154 e. The number of rotatable bonds is 2. The van der Waals surface area contributed by atoms with E-state index in [1.165, 1.54) is 0 Å². The SMILES string of the molecule is CC(C)c1cn(C(C)(C)C#N)nc1Cl. The van der Waals surface area contributed by atoms with E-state index < -0.39 is 5.54 Å². The second-order valence-electron chi connectivity index (χ2n) is 4.15. The van der Waals surface area contributed by atoms with Gasteiger partial charge in [0.25, 0.3) is 0 Å². The number of halogens is 1. The Hall–Kier alpha value is -1.01. The van der Waals surface area contributed by atoms with E-state index in [0.29, 0.717) is 11.1 Å². The van der Waals surface area contributed by atoms with E-state index >= 15 is 0 Å². The summed E-state index contributed by atoms with van der Waals surface area (Å²) in [5.74, 6) is 0.325. The lowest BCUT2D eigenvalue weighted by molar-refractivity contribution is 0.418. The monoisotopic (exact) mass is 211 g/mol. The molecule has 76 valence electrons. The molecule has 0 fully saturated rings. The van der Waals surface area contributed by atoms with Crippen LogP contribution in [-0.2, 0) is 5.54 Å². The highest BCUT2D eigenvalue weighted by Crippen LogP contribution is 2.25. The minimum Gasteiger partial charge on any atom is -0.251 e. The van der Waals surface area contributed by atoms with E-state index in [9.17, 15) is 0 Å². The molecule has 0 bridgehead atoms. The third-order valence-corrected chi connectivity index (χ3v) is 2.46. The molecule has 1 aromatic heterocycles. The van der Waals surface area contributed by atoms with Gasteiger partial charge in [-0.3, -0.25) is 4.68 Å². The van der Waals surface area contributed by atoms with Crippen molar-refractivity contribution in [3.8, 4) is 6.07 Å². The first-order valence-corrected chi connectivity index (χ1v) is 4.93. The summed E-state index contributed by atoms with van der Waals surface area (Å²) in [5, 5.41) is 13.6. The molecule has 0 saturated heterocycles. The summed E-state index contributed by atoms with van der Waals surface area (Å²) >= 11 is 5.96. The van der Waals surface area contributed by atoms with Gasteiger partial charge in [-0.05, 0) is 19.8 Å². The predicted molar refractivity (Wildman–Crippen MR) is 56.3 cm³/mol. The average molecular weight is 212 g/mol. The smallest absolute Gasteiger partial charge is 0.154 e. The first-order chi connectivity index (χ1) is 6.38. The van der Waals surface area contributed by atoms with Crippen LogP contribution >= 0.6 is 11.6 Å². The van der Waals surface area contributed by atoms with Crippen LogP contribution in [0, 0.1) is 11.3 Å². The molecule has 0 saturated carbocycles. The van der Waals surface area contributed by atoms with Crippen molar-refractivity contribution in [3.05, 3.63) is 16.9 Å². The lowest BCUT2D eigenvalue weighted by Gasteiger charge is -2.15. The second kappa shape index (κ2) is 3.62. The highest BCUT2D eigenvalue weighted by atomic mass is 35.5. The third-order valence-electron chi connectivity index (χ3n) is 2.16. The molecule has 1 heterocycles. The van der Waals surface area contributed by atoms with Crippen LogP contribution in [0.5, 0.6) is 0 Å². The Labute approximate surface area is 89.3 Å². The van der Waals surface area contributed by atoms with E-state index in [-0.39, 0.29) is 0 Å². The Balaban J connectivity index is 3.16. The zero-order valence-electron chi connectivity index (χ0n) is 8.87. The Morgan fingerprint density at radius 2 is 2.14 bits per heavy atom. The summed E-state index contributed by atoms with van der Waals surface area (Å²) in [5.41, 5.74) is 0.339. The van der Waals surface area contributed by atoms with Crippen LogP contribution in [0.3, 0.4) is 0 Å². The molecule has 0 aromatic carbocycles. The van der Waals surface area contributed by atoms with Gasteiger partial charge < -0.3 is 0 Å². The van der Waals surface area contributed by atoms with Gasteiger partial charge in [-0.1, -0.05) is 25.4 Å². The van der Waals surface area contributed by atoms with Gasteiger partial charge >= 0.3 is 0 Å². The number of nitriles is 1. The van der Waals surface area contributed by atoms with Gasteiger partial charge in [0.05, 0.1) is 6.07 Å². The van der Waals surface area contributed by atoms with Crippen molar-refractivity contribution in [2.24, 2.45) is 0 Å². The minimum atomic E-state index is -0.642. The lowest BCUT2D eigenvalue weighted by atomic mass is 10.1. The van der Waals surface area contributed by atoms with Crippen LogP contribution in [-0.4, -0.2) is 9.78 Å². The van der Waals surface area contributed by atoms with Crippen LogP contribution in [0.4, 0.5) is 0 Å². The highest BCUT2D eigenvalue weighted by molar-refractivity contribution is 6.30. The first-order valence-electron chi connectivity index (χ1n) is 4.55. The summed E-state index contributed by atoms with van der Waals surface area (Å²) in [7, 11) is 0. The molecule has 1 rings (SSSR count). The molecule has 0 aliphatic rings. The molecule has 0 N–H and O–H groups in total. The van der Waals surface area contributed by atoms with Gasteiger partial charge in [-0.25, -0.2) is 0 Å². The zero-order chi connectivity index (χ0) is 10.9. The number of hydrogen-bond donors (Lipinski definition) is 0. The van der Waals surface area contributed by atoms with Crippen molar-refractivity contribution in [2.75, 3.05) is 0 Å². The topological polar surface area (TPSA) is 41.6 Å². The molecule has 0 spiro atoms. The number of hydrogen-bond acceptors (Lipinski definition) is 2. The van der Waals surface area contributed by atoms with Crippen molar-refractivity contribution in [1.82, 2.24) is 9.78 Å². The van der Waals surface area contributed by atoms with Gasteiger partial charge in [0.15, 0.2) is 5.15 Å². The standard InChI is InChI=1S/C10H14ClN3/c1-7(2)8-5-14(13-9(8)11)10(3,4)6-12/h5,7H,1-4H3. The first kappa shape index (κ1) is 11.1. The van der Waals surface area contributed by atoms with Gasteiger partial charge in [0.2, 0.25) is 0 Å². The molecule has 3 nitrogen and oxygen atoms in total. The molecule has 0 radical (unpaired) electrons. The normalized spacial score (nSPS) is 11.8. The Morgan fingerprint density at radius 3 is 2.50 bits per heavy atom. The Morgan fingerprint density at radius 1 is 1.57 bits per heavy atom. The fourth-order valence-electron chi connectivity index (χ4n) is 1.09. The van der Waals surface area contributed by atoms with Gasteiger partial charge in [-0.2, -0.15) is 10.4 Å². The second-order valence-corrected chi connectivity index (χ2v) is 4.50. The largest absolute Gasteiger partial charge is 0.251 e. The molecule has 0 aliphatic carbocycles. The Bertz CT molecular complexity index is 371. The maximum atomic E-state index is 8.93. The van der Waals surface area contributed by atoms with Crippen molar-refractivity contribution < 1.29 is 0 Å². The van der Waals surface area contributed by atoms with Crippen LogP contribution < -0.4 is 0 Å². The third kappa shape index (κ3) is 1.91. The quantitative estimate of drug-likeness (QED) is 0.755. The highest BCUT2D eigenvalue weighted by Gasteiger charge is 2.22. The molecule has 0 unspecified atom stereocenters. The fraction of sp³-hybridized carbons (Fsp3) is 0.600. The summed E-state index contributed by atoms with van der Waals surface area (Å²) in [4.78, 5) is 0. The zero-order valence-corrected chi connectivity index (χ0v) is 9.63. The fourth-order valence-corrected chi connectivity index (χ4v) is 1.44. The number of aromatic nitrogens is 2. The molecular weight excluding hydrogens is 198 g/mol. The molecule has 0 amide bonds. The average Bonchev–Trinajstić information content (AvgIpc) is 2.48. The predicted octanol–water partition coefficient (Wildman–Crippen LogP) is 2.92. The van der Waals surface area contributed by atoms with Crippen molar-refractivity contribution >= 4 is 11.6 Å².